The number of carbonyl (C=O) groups excluding carboxylic acids is 1. The number of hydrogen-bond acceptors (Lipinski definition) is 1. The number of nitrogens with zero attached hydrogens (tertiary/aromatic N) is 1. The van der Waals surface area contributed by atoms with Gasteiger partial charge in [0.2, 0.25) is 0 Å². The van der Waals surface area contributed by atoms with E-state index >= 15 is 0 Å². The maximum Gasteiger partial charge on any atom is 0.165 e. The summed E-state index contributed by atoms with van der Waals surface area (Å²) in [5.74, 6) is 1.63. The van der Waals surface area contributed by atoms with Gasteiger partial charge in [0.1, 0.15) is 0 Å². The van der Waals surface area contributed by atoms with Crippen LogP contribution in [0.3, 0.4) is 0 Å². The van der Waals surface area contributed by atoms with Gasteiger partial charge in [0, 0.05) is 30.4 Å². The fraction of sp³-hybridized carbons (Fsp3) is 0.688. The van der Waals surface area contributed by atoms with Crippen LogP contribution < -0.4 is 0 Å². The molecule has 1 aromatic heterocycles. The molecule has 1 unspecified atom stereocenters. The predicted octanol–water partition coefficient (Wildman–Crippen LogP) is 3.94. The molecular formula is C16H25NO. The molecule has 0 N–H and O–H groups in total. The van der Waals surface area contributed by atoms with Crippen LogP contribution in [0.2, 0.25) is 0 Å². The minimum atomic E-state index is 0.112. The molecule has 0 bridgehead atoms. The smallest absolute Gasteiger partial charge is 0.165 e. The van der Waals surface area contributed by atoms with Gasteiger partial charge in [0.05, 0.1) is 0 Å². The molecule has 18 heavy (non-hydrogen) atoms. The van der Waals surface area contributed by atoms with E-state index in [9.17, 15) is 4.79 Å². The molecule has 0 aliphatic heterocycles. The average molecular weight is 247 g/mol. The number of hydrogen-bond donors (Lipinski definition) is 0. The highest BCUT2D eigenvalue weighted by Crippen LogP contribution is 2.35. The SMILES string of the molecule is CC(C)C(C)Cn1ccc2c1CC(C)(C)CC2=O. The molecule has 0 radical (unpaired) electrons. The lowest BCUT2D eigenvalue weighted by Gasteiger charge is -2.30. The monoisotopic (exact) mass is 247 g/mol. The van der Waals surface area contributed by atoms with Crippen LogP contribution >= 0.6 is 0 Å². The fourth-order valence-electron chi connectivity index (χ4n) is 2.69. The minimum absolute atomic E-state index is 0.112. The second kappa shape index (κ2) is 4.56. The summed E-state index contributed by atoms with van der Waals surface area (Å²) in [6.45, 7) is 12.2. The van der Waals surface area contributed by atoms with Gasteiger partial charge in [-0.3, -0.25) is 4.79 Å². The molecule has 2 heteroatoms. The lowest BCUT2D eigenvalue weighted by atomic mass is 9.76. The Balaban J connectivity index is 2.28. The molecule has 0 saturated heterocycles. The quantitative estimate of drug-likeness (QED) is 0.793. The summed E-state index contributed by atoms with van der Waals surface area (Å²) < 4.78 is 2.30. The number of Topliss-reactive ketones (excluding diaryl/α,β-unsaturated/α-hetero) is 1. The van der Waals surface area contributed by atoms with Gasteiger partial charge in [0.25, 0.3) is 0 Å². The van der Waals surface area contributed by atoms with Crippen molar-refractivity contribution in [1.82, 2.24) is 4.57 Å². The summed E-state index contributed by atoms with van der Waals surface area (Å²) in [6.07, 6.45) is 3.80. The molecule has 0 spiro atoms. The molecule has 1 aliphatic rings. The zero-order valence-corrected chi connectivity index (χ0v) is 12.3. The first-order chi connectivity index (χ1) is 8.30. The third kappa shape index (κ3) is 2.52. The van der Waals surface area contributed by atoms with Crippen molar-refractivity contribution in [3.05, 3.63) is 23.5 Å². The Morgan fingerprint density at radius 2 is 1.94 bits per heavy atom. The van der Waals surface area contributed by atoms with Crippen LogP contribution in [-0.4, -0.2) is 10.4 Å². The molecule has 2 nitrogen and oxygen atoms in total. The van der Waals surface area contributed by atoms with E-state index in [1.165, 1.54) is 5.69 Å². The Bertz CT molecular complexity index is 454. The first-order valence-corrected chi connectivity index (χ1v) is 7.01. The lowest BCUT2D eigenvalue weighted by Crippen LogP contribution is -2.28. The summed E-state index contributed by atoms with van der Waals surface area (Å²) in [7, 11) is 0. The number of carbonyl (C=O) groups is 1. The standard InChI is InChI=1S/C16H25NO/c1-11(2)12(3)10-17-7-6-13-14(17)8-16(4,5)9-15(13)18/h6-7,11-12H,8-10H2,1-5H3. The summed E-state index contributed by atoms with van der Waals surface area (Å²) in [6, 6.07) is 2.01. The molecule has 1 atom stereocenters. The van der Waals surface area contributed by atoms with E-state index in [4.69, 9.17) is 0 Å². The van der Waals surface area contributed by atoms with Crippen LogP contribution in [0, 0.1) is 17.3 Å². The van der Waals surface area contributed by atoms with E-state index in [1.807, 2.05) is 6.07 Å². The van der Waals surface area contributed by atoms with Crippen LogP contribution in [-0.2, 0) is 13.0 Å². The van der Waals surface area contributed by atoms with Gasteiger partial charge in [-0.1, -0.05) is 34.6 Å². The van der Waals surface area contributed by atoms with Crippen molar-refractivity contribution >= 4 is 5.78 Å². The lowest BCUT2D eigenvalue weighted by molar-refractivity contribution is 0.0909. The average Bonchev–Trinajstić information content (AvgIpc) is 2.59. The number of fused-ring (bicyclic) bond motifs is 1. The highest BCUT2D eigenvalue weighted by Gasteiger charge is 2.33. The molecule has 1 aliphatic carbocycles. The number of ketones is 1. The van der Waals surface area contributed by atoms with Crippen molar-refractivity contribution in [2.24, 2.45) is 17.3 Å². The molecule has 0 amide bonds. The van der Waals surface area contributed by atoms with Crippen molar-refractivity contribution in [2.75, 3.05) is 0 Å². The van der Waals surface area contributed by atoms with E-state index in [0.717, 1.165) is 18.5 Å². The Morgan fingerprint density at radius 1 is 1.28 bits per heavy atom. The topological polar surface area (TPSA) is 22.0 Å². The normalized spacial score (nSPS) is 20.0. The minimum Gasteiger partial charge on any atom is -0.350 e. The van der Waals surface area contributed by atoms with Crippen molar-refractivity contribution in [1.29, 1.82) is 0 Å². The summed E-state index contributed by atoms with van der Waals surface area (Å²) in [4.78, 5) is 12.1. The van der Waals surface area contributed by atoms with Crippen LogP contribution in [0.4, 0.5) is 0 Å². The van der Waals surface area contributed by atoms with Gasteiger partial charge in [-0.25, -0.2) is 0 Å². The van der Waals surface area contributed by atoms with Crippen molar-refractivity contribution < 1.29 is 4.79 Å². The van der Waals surface area contributed by atoms with Crippen LogP contribution in [0.5, 0.6) is 0 Å². The fourth-order valence-corrected chi connectivity index (χ4v) is 2.69. The number of aromatic nitrogens is 1. The maximum absolute atomic E-state index is 12.1. The van der Waals surface area contributed by atoms with Crippen molar-refractivity contribution in [3.63, 3.8) is 0 Å². The van der Waals surface area contributed by atoms with E-state index in [-0.39, 0.29) is 5.41 Å². The van der Waals surface area contributed by atoms with Crippen LogP contribution in [0.15, 0.2) is 12.3 Å². The van der Waals surface area contributed by atoms with Crippen molar-refractivity contribution in [3.8, 4) is 0 Å². The van der Waals surface area contributed by atoms with Gasteiger partial charge in [0.15, 0.2) is 5.78 Å². The van der Waals surface area contributed by atoms with Gasteiger partial charge in [-0.2, -0.15) is 0 Å². The zero-order chi connectivity index (χ0) is 13.5. The Labute approximate surface area is 110 Å². The second-order valence-electron chi connectivity index (χ2n) is 6.99. The molecule has 0 aromatic carbocycles. The second-order valence-corrected chi connectivity index (χ2v) is 6.99. The molecule has 100 valence electrons. The summed E-state index contributed by atoms with van der Waals surface area (Å²) in [5.41, 5.74) is 2.33. The third-order valence-electron chi connectivity index (χ3n) is 4.29. The third-order valence-corrected chi connectivity index (χ3v) is 4.29. The van der Waals surface area contributed by atoms with Gasteiger partial charge in [-0.15, -0.1) is 0 Å². The van der Waals surface area contributed by atoms with E-state index in [1.54, 1.807) is 0 Å². The zero-order valence-electron chi connectivity index (χ0n) is 12.3. The summed E-state index contributed by atoms with van der Waals surface area (Å²) in [5, 5.41) is 0. The van der Waals surface area contributed by atoms with Gasteiger partial charge < -0.3 is 4.57 Å². The highest BCUT2D eigenvalue weighted by molar-refractivity contribution is 5.98. The Morgan fingerprint density at radius 3 is 2.56 bits per heavy atom. The van der Waals surface area contributed by atoms with Gasteiger partial charge >= 0.3 is 0 Å². The van der Waals surface area contributed by atoms with E-state index in [2.05, 4.69) is 45.4 Å². The highest BCUT2D eigenvalue weighted by atomic mass is 16.1. The Kier molecular flexibility index (Phi) is 3.39. The Hall–Kier alpha value is -1.05. The largest absolute Gasteiger partial charge is 0.350 e. The first kappa shape index (κ1) is 13.4. The molecule has 0 saturated carbocycles. The molecule has 1 aromatic rings. The van der Waals surface area contributed by atoms with E-state index < -0.39 is 0 Å². The van der Waals surface area contributed by atoms with Gasteiger partial charge in [-0.05, 0) is 29.7 Å². The molecule has 2 rings (SSSR count). The number of rotatable bonds is 3. The van der Waals surface area contributed by atoms with E-state index in [0.29, 0.717) is 24.0 Å². The molecular weight excluding hydrogens is 222 g/mol. The van der Waals surface area contributed by atoms with Crippen LogP contribution in [0.25, 0.3) is 0 Å². The van der Waals surface area contributed by atoms with Crippen molar-refractivity contribution in [2.45, 2.75) is 54.0 Å². The van der Waals surface area contributed by atoms with Crippen LogP contribution in [0.1, 0.15) is 57.1 Å². The summed E-state index contributed by atoms with van der Waals surface area (Å²) >= 11 is 0. The molecule has 1 heterocycles. The predicted molar refractivity (Wildman–Crippen MR) is 74.9 cm³/mol. The maximum atomic E-state index is 12.1. The molecule has 0 fully saturated rings. The first-order valence-electron chi connectivity index (χ1n) is 7.01.